The molecule has 1 rings (SSSR count). The van der Waals surface area contributed by atoms with Crippen molar-refractivity contribution in [1.29, 1.82) is 0 Å². The van der Waals surface area contributed by atoms with E-state index in [4.69, 9.17) is 0 Å². The molecule has 4 nitrogen and oxygen atoms in total. The van der Waals surface area contributed by atoms with Crippen molar-refractivity contribution in [1.82, 2.24) is 9.78 Å². The molecule has 1 unspecified atom stereocenters. The first-order chi connectivity index (χ1) is 5.79. The lowest BCUT2D eigenvalue weighted by atomic mass is 10.2. The van der Waals surface area contributed by atoms with Crippen molar-refractivity contribution in [2.75, 3.05) is 0 Å². The van der Waals surface area contributed by atoms with Crippen LogP contribution in [0.3, 0.4) is 0 Å². The average Bonchev–Trinajstić information content (AvgIpc) is 2.51. The van der Waals surface area contributed by atoms with Gasteiger partial charge < -0.3 is 9.90 Å². The summed E-state index contributed by atoms with van der Waals surface area (Å²) in [5.74, 6) is 0. The van der Waals surface area contributed by atoms with Crippen molar-refractivity contribution in [2.24, 2.45) is 0 Å². The van der Waals surface area contributed by atoms with E-state index in [9.17, 15) is 9.90 Å². The van der Waals surface area contributed by atoms with Crippen LogP contribution in [0.2, 0.25) is 0 Å². The molecule has 66 valence electrons. The van der Waals surface area contributed by atoms with Gasteiger partial charge in [-0.05, 0) is 13.0 Å². The van der Waals surface area contributed by atoms with E-state index in [-0.39, 0.29) is 6.42 Å². The highest BCUT2D eigenvalue weighted by atomic mass is 16.3. The lowest BCUT2D eigenvalue weighted by Crippen LogP contribution is -2.08. The summed E-state index contributed by atoms with van der Waals surface area (Å²) in [5, 5.41) is 13.4. The largest absolute Gasteiger partial charge is 0.386 e. The lowest BCUT2D eigenvalue weighted by Gasteiger charge is -2.08. The van der Waals surface area contributed by atoms with Gasteiger partial charge >= 0.3 is 0 Å². The molecule has 0 aliphatic carbocycles. The number of aldehydes is 1. The first-order valence-corrected chi connectivity index (χ1v) is 3.93. The van der Waals surface area contributed by atoms with Gasteiger partial charge in [-0.2, -0.15) is 5.10 Å². The number of aromatic nitrogens is 2. The third kappa shape index (κ3) is 1.71. The molecular formula is C8H12N2O2. The molecule has 1 N–H and O–H groups in total. The molecule has 0 aliphatic rings. The highest BCUT2D eigenvalue weighted by molar-refractivity contribution is 5.50. The third-order valence-electron chi connectivity index (χ3n) is 1.71. The van der Waals surface area contributed by atoms with Gasteiger partial charge in [0.2, 0.25) is 0 Å². The standard InChI is InChI=1S/C8H12N2O2/c1-2-10-7(3-5-9-10)8(12)4-6-11/h3,5-6,8,12H,2,4H2,1H3. The van der Waals surface area contributed by atoms with Gasteiger partial charge in [-0.3, -0.25) is 4.68 Å². The van der Waals surface area contributed by atoms with Gasteiger partial charge in [0.1, 0.15) is 12.4 Å². The zero-order valence-corrected chi connectivity index (χ0v) is 6.97. The number of carbonyl (C=O) groups is 1. The van der Waals surface area contributed by atoms with E-state index in [2.05, 4.69) is 5.10 Å². The monoisotopic (exact) mass is 168 g/mol. The minimum absolute atomic E-state index is 0.131. The predicted octanol–water partition coefficient (Wildman–Crippen LogP) is 0.525. The summed E-state index contributed by atoms with van der Waals surface area (Å²) in [6.07, 6.45) is 1.74. The van der Waals surface area contributed by atoms with Crippen LogP contribution in [0.1, 0.15) is 25.1 Å². The van der Waals surface area contributed by atoms with Crippen LogP contribution in [0.5, 0.6) is 0 Å². The number of carbonyl (C=O) groups excluding carboxylic acids is 1. The van der Waals surface area contributed by atoms with Crippen molar-refractivity contribution in [2.45, 2.75) is 26.0 Å². The summed E-state index contributed by atoms with van der Waals surface area (Å²) in [4.78, 5) is 10.1. The Morgan fingerprint density at radius 3 is 3.17 bits per heavy atom. The molecule has 12 heavy (non-hydrogen) atoms. The molecule has 0 fully saturated rings. The van der Waals surface area contributed by atoms with Crippen LogP contribution in [0.15, 0.2) is 12.3 Å². The van der Waals surface area contributed by atoms with Crippen LogP contribution < -0.4 is 0 Å². The van der Waals surface area contributed by atoms with Gasteiger partial charge in [-0.25, -0.2) is 0 Å². The fraction of sp³-hybridized carbons (Fsp3) is 0.500. The second-order valence-corrected chi connectivity index (χ2v) is 2.49. The molecule has 0 saturated carbocycles. The Balaban J connectivity index is 2.78. The zero-order valence-electron chi connectivity index (χ0n) is 6.97. The molecule has 0 spiro atoms. The number of nitrogens with zero attached hydrogens (tertiary/aromatic N) is 2. The maximum Gasteiger partial charge on any atom is 0.122 e. The Labute approximate surface area is 70.8 Å². The summed E-state index contributed by atoms with van der Waals surface area (Å²) in [6.45, 7) is 2.64. The smallest absolute Gasteiger partial charge is 0.122 e. The number of aliphatic hydroxyl groups is 1. The minimum Gasteiger partial charge on any atom is -0.386 e. The summed E-state index contributed by atoms with van der Waals surface area (Å²) in [6, 6.07) is 1.72. The van der Waals surface area contributed by atoms with Crippen molar-refractivity contribution in [3.63, 3.8) is 0 Å². The molecule has 0 saturated heterocycles. The first-order valence-electron chi connectivity index (χ1n) is 3.93. The molecule has 1 atom stereocenters. The highest BCUT2D eigenvalue weighted by Crippen LogP contribution is 2.14. The third-order valence-corrected chi connectivity index (χ3v) is 1.71. The second kappa shape index (κ2) is 4.01. The zero-order chi connectivity index (χ0) is 8.97. The van der Waals surface area contributed by atoms with Gasteiger partial charge in [0, 0.05) is 19.2 Å². The van der Waals surface area contributed by atoms with Gasteiger partial charge in [-0.15, -0.1) is 0 Å². The van der Waals surface area contributed by atoms with E-state index in [0.29, 0.717) is 18.5 Å². The van der Waals surface area contributed by atoms with Crippen LogP contribution in [0.4, 0.5) is 0 Å². The number of rotatable bonds is 4. The lowest BCUT2D eigenvalue weighted by molar-refractivity contribution is -0.109. The van der Waals surface area contributed by atoms with E-state index in [1.165, 1.54) is 0 Å². The summed E-state index contributed by atoms with van der Waals surface area (Å²) < 4.78 is 1.67. The average molecular weight is 168 g/mol. The number of aliphatic hydroxyl groups excluding tert-OH is 1. The van der Waals surface area contributed by atoms with E-state index in [0.717, 1.165) is 0 Å². The van der Waals surface area contributed by atoms with Crippen LogP contribution in [-0.2, 0) is 11.3 Å². The van der Waals surface area contributed by atoms with E-state index >= 15 is 0 Å². The second-order valence-electron chi connectivity index (χ2n) is 2.49. The Morgan fingerprint density at radius 1 is 1.83 bits per heavy atom. The molecule has 0 aliphatic heterocycles. The van der Waals surface area contributed by atoms with Gasteiger partial charge in [-0.1, -0.05) is 0 Å². The molecule has 4 heteroatoms. The molecule has 1 heterocycles. The summed E-state index contributed by atoms with van der Waals surface area (Å²) in [7, 11) is 0. The fourth-order valence-corrected chi connectivity index (χ4v) is 1.10. The Hall–Kier alpha value is -1.16. The number of hydrogen-bond acceptors (Lipinski definition) is 3. The van der Waals surface area contributed by atoms with Crippen LogP contribution in [0.25, 0.3) is 0 Å². The predicted molar refractivity (Wildman–Crippen MR) is 43.5 cm³/mol. The fourth-order valence-electron chi connectivity index (χ4n) is 1.10. The molecule has 1 aromatic rings. The SMILES string of the molecule is CCn1nccc1C(O)CC=O. The molecule has 0 radical (unpaired) electrons. The maximum atomic E-state index is 10.1. The van der Waals surface area contributed by atoms with Crippen LogP contribution >= 0.6 is 0 Å². The Bertz CT molecular complexity index is 257. The summed E-state index contributed by atoms with van der Waals surface area (Å²) in [5.41, 5.74) is 0.699. The van der Waals surface area contributed by atoms with Gasteiger partial charge in [0.25, 0.3) is 0 Å². The first kappa shape index (κ1) is 8.93. The molecule has 0 amide bonds. The van der Waals surface area contributed by atoms with Crippen molar-refractivity contribution >= 4 is 6.29 Å². The summed E-state index contributed by atoms with van der Waals surface area (Å²) >= 11 is 0. The van der Waals surface area contributed by atoms with E-state index in [1.807, 2.05) is 6.92 Å². The van der Waals surface area contributed by atoms with Gasteiger partial charge in [0.15, 0.2) is 0 Å². The van der Waals surface area contributed by atoms with Crippen molar-refractivity contribution in [3.05, 3.63) is 18.0 Å². The highest BCUT2D eigenvalue weighted by Gasteiger charge is 2.10. The Morgan fingerprint density at radius 2 is 2.58 bits per heavy atom. The quantitative estimate of drug-likeness (QED) is 0.667. The maximum absolute atomic E-state index is 10.1. The van der Waals surface area contributed by atoms with Crippen molar-refractivity contribution < 1.29 is 9.90 Å². The van der Waals surface area contributed by atoms with Crippen LogP contribution in [-0.4, -0.2) is 21.2 Å². The molecular weight excluding hydrogens is 156 g/mol. The minimum atomic E-state index is -0.718. The van der Waals surface area contributed by atoms with Crippen LogP contribution in [0, 0.1) is 0 Å². The normalized spacial score (nSPS) is 12.8. The number of hydrogen-bond donors (Lipinski definition) is 1. The van der Waals surface area contributed by atoms with E-state index in [1.54, 1.807) is 16.9 Å². The molecule has 1 aromatic heterocycles. The molecule has 0 bridgehead atoms. The topological polar surface area (TPSA) is 55.1 Å². The Kier molecular flexibility index (Phi) is 2.99. The number of aryl methyl sites for hydroxylation is 1. The molecule has 0 aromatic carbocycles. The van der Waals surface area contributed by atoms with E-state index < -0.39 is 6.10 Å². The van der Waals surface area contributed by atoms with Gasteiger partial charge in [0.05, 0.1) is 5.69 Å². The van der Waals surface area contributed by atoms with Crippen molar-refractivity contribution in [3.8, 4) is 0 Å².